The molecule has 0 saturated heterocycles. The summed E-state index contributed by atoms with van der Waals surface area (Å²) in [5.41, 5.74) is 1.71. The van der Waals surface area contributed by atoms with Crippen LogP contribution in [0.5, 0.6) is 11.5 Å². The lowest BCUT2D eigenvalue weighted by Crippen LogP contribution is -2.30. The third kappa shape index (κ3) is 6.45. The monoisotopic (exact) mass is 400 g/mol. The summed E-state index contributed by atoms with van der Waals surface area (Å²) in [4.78, 5) is 25.4. The Morgan fingerprint density at radius 3 is 2.79 bits per heavy atom. The highest BCUT2D eigenvalue weighted by Crippen LogP contribution is 2.28. The topological polar surface area (TPSA) is 88.9 Å². The van der Waals surface area contributed by atoms with Gasteiger partial charge in [0.15, 0.2) is 24.7 Å². The van der Waals surface area contributed by atoms with Gasteiger partial charge in [-0.05, 0) is 46.2 Å². The van der Waals surface area contributed by atoms with Gasteiger partial charge >= 0.3 is 5.97 Å². The number of hydrogen-bond donors (Lipinski definition) is 0. The summed E-state index contributed by atoms with van der Waals surface area (Å²) in [5.74, 6) is -0.0336. The van der Waals surface area contributed by atoms with Crippen molar-refractivity contribution in [3.63, 3.8) is 0 Å². The van der Waals surface area contributed by atoms with E-state index in [2.05, 4.69) is 0 Å². The van der Waals surface area contributed by atoms with E-state index in [1.54, 1.807) is 42.7 Å². The zero-order chi connectivity index (χ0) is 20.4. The molecular formula is C20H20N2O5S. The molecular weight excluding hydrogens is 380 g/mol. The number of nitriles is 1. The molecule has 0 spiro atoms. The Morgan fingerprint density at radius 2 is 2.11 bits per heavy atom. The minimum Gasteiger partial charge on any atom is -0.493 e. The second-order valence-corrected chi connectivity index (χ2v) is 6.46. The van der Waals surface area contributed by atoms with Crippen LogP contribution in [0.1, 0.15) is 11.1 Å². The Labute approximate surface area is 167 Å². The van der Waals surface area contributed by atoms with E-state index in [1.807, 2.05) is 22.9 Å². The molecule has 0 aliphatic heterocycles. The molecule has 0 radical (unpaired) electrons. The zero-order valence-corrected chi connectivity index (χ0v) is 16.4. The van der Waals surface area contributed by atoms with Gasteiger partial charge in [-0.3, -0.25) is 4.79 Å². The first-order chi connectivity index (χ1) is 13.5. The first kappa shape index (κ1) is 21.0. The molecule has 0 bridgehead atoms. The largest absolute Gasteiger partial charge is 0.493 e. The molecule has 28 heavy (non-hydrogen) atoms. The molecule has 0 aliphatic carbocycles. The summed E-state index contributed by atoms with van der Waals surface area (Å²) in [6.45, 7) is 0.0521. The van der Waals surface area contributed by atoms with Crippen LogP contribution in [0, 0.1) is 11.3 Å². The lowest BCUT2D eigenvalue weighted by molar-refractivity contribution is -0.147. The van der Waals surface area contributed by atoms with Crippen molar-refractivity contribution in [3.8, 4) is 17.6 Å². The van der Waals surface area contributed by atoms with Gasteiger partial charge in [-0.2, -0.15) is 16.6 Å². The zero-order valence-electron chi connectivity index (χ0n) is 15.6. The van der Waals surface area contributed by atoms with Crippen molar-refractivity contribution in [1.82, 2.24) is 4.90 Å². The number of likely N-dealkylation sites (N-methyl/N-ethyl adjacent to an activating group) is 1. The predicted molar refractivity (Wildman–Crippen MR) is 105 cm³/mol. The van der Waals surface area contributed by atoms with E-state index >= 15 is 0 Å². The summed E-state index contributed by atoms with van der Waals surface area (Å²) in [6, 6.07) is 8.83. The molecule has 2 aromatic rings. The van der Waals surface area contributed by atoms with E-state index in [0.29, 0.717) is 23.6 Å². The number of benzene rings is 1. The number of nitrogens with zero attached hydrogens (tertiary/aromatic N) is 2. The van der Waals surface area contributed by atoms with E-state index in [9.17, 15) is 9.59 Å². The van der Waals surface area contributed by atoms with Crippen LogP contribution >= 0.6 is 11.3 Å². The fourth-order valence-electron chi connectivity index (χ4n) is 2.22. The number of esters is 1. The van der Waals surface area contributed by atoms with Gasteiger partial charge < -0.3 is 19.1 Å². The van der Waals surface area contributed by atoms with E-state index in [0.717, 1.165) is 5.56 Å². The van der Waals surface area contributed by atoms with E-state index in [1.165, 1.54) is 18.1 Å². The molecule has 7 nitrogen and oxygen atoms in total. The Kier molecular flexibility index (Phi) is 8.06. The van der Waals surface area contributed by atoms with Gasteiger partial charge in [0.2, 0.25) is 0 Å². The molecule has 8 heteroatoms. The third-order valence-corrected chi connectivity index (χ3v) is 4.39. The molecule has 146 valence electrons. The van der Waals surface area contributed by atoms with Crippen LogP contribution in [0.15, 0.2) is 41.1 Å². The number of carbonyl (C=O) groups is 2. The Morgan fingerprint density at radius 1 is 1.29 bits per heavy atom. The lowest BCUT2D eigenvalue weighted by atomic mass is 10.2. The molecule has 0 unspecified atom stereocenters. The smallest absolute Gasteiger partial charge is 0.331 e. The van der Waals surface area contributed by atoms with Crippen LogP contribution in [0.4, 0.5) is 0 Å². The van der Waals surface area contributed by atoms with Crippen LogP contribution in [0.2, 0.25) is 0 Å². The fourth-order valence-corrected chi connectivity index (χ4v) is 2.88. The maximum absolute atomic E-state index is 12.0. The SMILES string of the molecule is COc1cc(/C=C/C(=O)OCC(=O)N(C)Cc2ccsc2)ccc1OCC#N. The lowest BCUT2D eigenvalue weighted by Gasteiger charge is -2.15. The van der Waals surface area contributed by atoms with Crippen molar-refractivity contribution in [2.24, 2.45) is 0 Å². The number of methoxy groups -OCH3 is 1. The van der Waals surface area contributed by atoms with Crippen molar-refractivity contribution in [1.29, 1.82) is 5.26 Å². The van der Waals surface area contributed by atoms with Crippen molar-refractivity contribution in [2.75, 3.05) is 27.4 Å². The molecule has 1 aromatic carbocycles. The average molecular weight is 400 g/mol. The highest BCUT2D eigenvalue weighted by molar-refractivity contribution is 7.07. The number of ether oxygens (including phenoxy) is 3. The van der Waals surface area contributed by atoms with E-state index < -0.39 is 5.97 Å². The van der Waals surface area contributed by atoms with Gasteiger partial charge in [0, 0.05) is 19.7 Å². The van der Waals surface area contributed by atoms with Gasteiger partial charge in [0.1, 0.15) is 6.07 Å². The van der Waals surface area contributed by atoms with Gasteiger partial charge in [0.25, 0.3) is 5.91 Å². The second-order valence-electron chi connectivity index (χ2n) is 5.68. The summed E-state index contributed by atoms with van der Waals surface area (Å²) in [7, 11) is 3.14. The molecule has 0 aliphatic rings. The van der Waals surface area contributed by atoms with Gasteiger partial charge in [-0.1, -0.05) is 6.07 Å². The maximum Gasteiger partial charge on any atom is 0.331 e. The van der Waals surface area contributed by atoms with Gasteiger partial charge in [-0.15, -0.1) is 0 Å². The normalized spacial score (nSPS) is 10.3. The summed E-state index contributed by atoms with van der Waals surface area (Å²) < 4.78 is 15.4. The number of carbonyl (C=O) groups excluding carboxylic acids is 2. The highest BCUT2D eigenvalue weighted by Gasteiger charge is 2.12. The molecule has 0 atom stereocenters. The summed E-state index contributed by atoms with van der Waals surface area (Å²) in [6.07, 6.45) is 2.77. The van der Waals surface area contributed by atoms with E-state index in [4.69, 9.17) is 19.5 Å². The van der Waals surface area contributed by atoms with Crippen LogP contribution in [-0.2, 0) is 20.9 Å². The van der Waals surface area contributed by atoms with Crippen molar-refractivity contribution >= 4 is 29.3 Å². The average Bonchev–Trinajstić information content (AvgIpc) is 3.21. The Bertz CT molecular complexity index is 871. The molecule has 1 aromatic heterocycles. The Balaban J connectivity index is 1.85. The molecule has 1 amide bonds. The summed E-state index contributed by atoms with van der Waals surface area (Å²) in [5, 5.41) is 12.5. The number of amides is 1. The molecule has 0 fully saturated rings. The number of hydrogen-bond acceptors (Lipinski definition) is 7. The number of rotatable bonds is 9. The minimum atomic E-state index is -0.624. The second kappa shape index (κ2) is 10.7. The minimum absolute atomic E-state index is 0.0905. The molecule has 2 rings (SSSR count). The van der Waals surface area contributed by atoms with Gasteiger partial charge in [0.05, 0.1) is 7.11 Å². The Hall–Kier alpha value is -3.31. The van der Waals surface area contributed by atoms with Crippen molar-refractivity contribution in [2.45, 2.75) is 6.54 Å². The van der Waals surface area contributed by atoms with Crippen molar-refractivity contribution < 1.29 is 23.8 Å². The van der Waals surface area contributed by atoms with Gasteiger partial charge in [-0.25, -0.2) is 4.79 Å². The maximum atomic E-state index is 12.0. The van der Waals surface area contributed by atoms with Crippen LogP contribution in [0.3, 0.4) is 0 Å². The fraction of sp³-hybridized carbons (Fsp3) is 0.250. The summed E-state index contributed by atoms with van der Waals surface area (Å²) >= 11 is 1.56. The first-order valence-electron chi connectivity index (χ1n) is 8.31. The number of thiophene rings is 1. The van der Waals surface area contributed by atoms with Crippen LogP contribution in [0.25, 0.3) is 6.08 Å². The molecule has 1 heterocycles. The first-order valence-corrected chi connectivity index (χ1v) is 9.25. The van der Waals surface area contributed by atoms with E-state index in [-0.39, 0.29) is 19.1 Å². The van der Waals surface area contributed by atoms with Crippen LogP contribution in [-0.4, -0.2) is 44.1 Å². The van der Waals surface area contributed by atoms with Crippen LogP contribution < -0.4 is 9.47 Å². The quantitative estimate of drug-likeness (QED) is 0.475. The third-order valence-electron chi connectivity index (χ3n) is 3.66. The molecule has 0 saturated carbocycles. The molecule has 0 N–H and O–H groups in total. The predicted octanol–water partition coefficient (Wildman–Crippen LogP) is 2.87. The van der Waals surface area contributed by atoms with Crippen molar-refractivity contribution in [3.05, 3.63) is 52.2 Å². The standard InChI is InChI=1S/C20H20N2O5S/c1-22(12-16-7-10-28-14-16)19(23)13-27-20(24)6-4-15-3-5-17(26-9-8-21)18(11-15)25-2/h3-7,10-11,14H,9,12-13H2,1-2H3/b6-4+. The highest BCUT2D eigenvalue weighted by atomic mass is 32.1.